The van der Waals surface area contributed by atoms with Gasteiger partial charge in [-0.3, -0.25) is 4.90 Å². The van der Waals surface area contributed by atoms with E-state index in [0.717, 1.165) is 58.5 Å². The average Bonchev–Trinajstić information content (AvgIpc) is 2.60. The summed E-state index contributed by atoms with van der Waals surface area (Å²) in [7, 11) is 0. The predicted octanol–water partition coefficient (Wildman–Crippen LogP) is 1.31. The van der Waals surface area contributed by atoms with Crippen molar-refractivity contribution in [2.24, 2.45) is 5.73 Å². The molecule has 0 aliphatic carbocycles. The van der Waals surface area contributed by atoms with E-state index < -0.39 is 12.8 Å². The zero-order valence-electron chi connectivity index (χ0n) is 12.0. The molecule has 0 atom stereocenters. The van der Waals surface area contributed by atoms with Crippen LogP contribution in [0.15, 0.2) is 0 Å². The van der Waals surface area contributed by atoms with Crippen LogP contribution in [0.1, 0.15) is 19.3 Å². The molecule has 4 nitrogen and oxygen atoms in total. The highest BCUT2D eigenvalue weighted by Crippen LogP contribution is 2.14. The Morgan fingerprint density at radius 2 is 1.60 bits per heavy atom. The molecule has 1 fully saturated rings. The summed E-state index contributed by atoms with van der Waals surface area (Å²) in [4.78, 5) is 4.59. The van der Waals surface area contributed by atoms with Crippen molar-refractivity contribution in [2.45, 2.75) is 25.4 Å². The Morgan fingerprint density at radius 1 is 0.950 bits per heavy atom. The second-order valence-electron chi connectivity index (χ2n) is 5.20. The van der Waals surface area contributed by atoms with Gasteiger partial charge < -0.3 is 15.4 Å². The number of hydrogen-bond donors (Lipinski definition) is 1. The molecule has 2 N–H and O–H groups in total. The van der Waals surface area contributed by atoms with Crippen molar-refractivity contribution >= 4 is 0 Å². The smallest absolute Gasteiger partial charge is 0.371 e. The van der Waals surface area contributed by atoms with Crippen molar-refractivity contribution in [3.63, 3.8) is 0 Å². The molecule has 1 rings (SSSR count). The number of ether oxygens (including phenoxy) is 1. The summed E-state index contributed by atoms with van der Waals surface area (Å²) in [5.74, 6) is 0. The predicted molar refractivity (Wildman–Crippen MR) is 72.7 cm³/mol. The van der Waals surface area contributed by atoms with Gasteiger partial charge in [0, 0.05) is 19.6 Å². The summed E-state index contributed by atoms with van der Waals surface area (Å²) in [5, 5.41) is 0. The first kappa shape index (κ1) is 17.7. The molecule has 0 radical (unpaired) electrons. The first-order chi connectivity index (χ1) is 9.51. The molecule has 0 aromatic rings. The maximum absolute atomic E-state index is 11.9. The van der Waals surface area contributed by atoms with E-state index in [9.17, 15) is 13.2 Å². The van der Waals surface area contributed by atoms with Gasteiger partial charge in [-0.05, 0) is 45.4 Å². The third-order valence-corrected chi connectivity index (χ3v) is 3.43. The molecule has 1 saturated heterocycles. The molecule has 120 valence electrons. The summed E-state index contributed by atoms with van der Waals surface area (Å²) in [6.07, 6.45) is -1.00. The minimum absolute atomic E-state index is 0.146. The second kappa shape index (κ2) is 9.55. The molecule has 20 heavy (non-hydrogen) atoms. The number of rotatable bonds is 8. The van der Waals surface area contributed by atoms with Crippen LogP contribution in [0.3, 0.4) is 0 Å². The van der Waals surface area contributed by atoms with Gasteiger partial charge in [0.25, 0.3) is 0 Å². The fraction of sp³-hybridized carbons (Fsp3) is 1.00. The van der Waals surface area contributed by atoms with E-state index in [1.165, 1.54) is 0 Å². The molecule has 1 aliphatic rings. The Hall–Kier alpha value is -0.370. The molecule has 1 aliphatic heterocycles. The Balaban J connectivity index is 2.10. The van der Waals surface area contributed by atoms with Gasteiger partial charge in [-0.15, -0.1) is 0 Å². The molecular weight excluding hydrogens is 271 g/mol. The van der Waals surface area contributed by atoms with Crippen molar-refractivity contribution in [2.75, 3.05) is 59.0 Å². The molecule has 0 unspecified atom stereocenters. The number of nitrogens with two attached hydrogens (primary N) is 1. The summed E-state index contributed by atoms with van der Waals surface area (Å²) in [5.41, 5.74) is 5.47. The number of halogens is 3. The minimum Gasteiger partial charge on any atom is -0.371 e. The van der Waals surface area contributed by atoms with Crippen molar-refractivity contribution in [1.82, 2.24) is 9.80 Å². The SMILES string of the molecule is NCCCCN1CCCN(CCOCC(F)(F)F)CC1. The van der Waals surface area contributed by atoms with Crippen molar-refractivity contribution < 1.29 is 17.9 Å². The molecule has 0 bridgehead atoms. The van der Waals surface area contributed by atoms with E-state index >= 15 is 0 Å². The van der Waals surface area contributed by atoms with Gasteiger partial charge in [-0.25, -0.2) is 0 Å². The van der Waals surface area contributed by atoms with Crippen LogP contribution in [-0.4, -0.2) is 75.0 Å². The Bertz CT molecular complexity index is 252. The van der Waals surface area contributed by atoms with E-state index in [4.69, 9.17) is 5.73 Å². The minimum atomic E-state index is -4.22. The average molecular weight is 297 g/mol. The first-order valence-electron chi connectivity index (χ1n) is 7.30. The molecule has 0 saturated carbocycles. The number of hydrogen-bond acceptors (Lipinski definition) is 4. The highest BCUT2D eigenvalue weighted by Gasteiger charge is 2.27. The van der Waals surface area contributed by atoms with Crippen LogP contribution in [0, 0.1) is 0 Å². The Kier molecular flexibility index (Phi) is 8.44. The highest BCUT2D eigenvalue weighted by atomic mass is 19.4. The van der Waals surface area contributed by atoms with Gasteiger partial charge in [0.1, 0.15) is 6.61 Å². The van der Waals surface area contributed by atoms with Crippen LogP contribution in [0.5, 0.6) is 0 Å². The highest BCUT2D eigenvalue weighted by molar-refractivity contribution is 4.69. The fourth-order valence-corrected chi connectivity index (χ4v) is 2.33. The largest absolute Gasteiger partial charge is 0.411 e. The van der Waals surface area contributed by atoms with Crippen LogP contribution in [-0.2, 0) is 4.74 Å². The topological polar surface area (TPSA) is 41.7 Å². The maximum atomic E-state index is 11.9. The normalized spacial score (nSPS) is 19.2. The van der Waals surface area contributed by atoms with Crippen LogP contribution < -0.4 is 5.73 Å². The van der Waals surface area contributed by atoms with E-state index in [2.05, 4.69) is 14.5 Å². The first-order valence-corrected chi connectivity index (χ1v) is 7.30. The van der Waals surface area contributed by atoms with Gasteiger partial charge in [0.15, 0.2) is 0 Å². The quantitative estimate of drug-likeness (QED) is 0.686. The molecule has 1 heterocycles. The summed E-state index contributed by atoms with van der Waals surface area (Å²) in [6.45, 7) is 5.24. The third-order valence-electron chi connectivity index (χ3n) is 3.43. The van der Waals surface area contributed by atoms with Crippen molar-refractivity contribution in [3.05, 3.63) is 0 Å². The fourth-order valence-electron chi connectivity index (χ4n) is 2.33. The zero-order chi connectivity index (χ0) is 14.8. The number of nitrogens with zero attached hydrogens (tertiary/aromatic N) is 2. The molecule has 0 aromatic carbocycles. The van der Waals surface area contributed by atoms with Crippen LogP contribution >= 0.6 is 0 Å². The molecule has 7 heteroatoms. The van der Waals surface area contributed by atoms with Gasteiger partial charge in [-0.2, -0.15) is 13.2 Å². The van der Waals surface area contributed by atoms with Gasteiger partial charge in [0.2, 0.25) is 0 Å². The lowest BCUT2D eigenvalue weighted by Gasteiger charge is -2.21. The lowest BCUT2D eigenvalue weighted by molar-refractivity contribution is -0.174. The van der Waals surface area contributed by atoms with Gasteiger partial charge in [0.05, 0.1) is 6.61 Å². The van der Waals surface area contributed by atoms with Gasteiger partial charge >= 0.3 is 6.18 Å². The lowest BCUT2D eigenvalue weighted by atomic mass is 10.3. The zero-order valence-corrected chi connectivity index (χ0v) is 12.0. The Morgan fingerprint density at radius 3 is 2.20 bits per heavy atom. The summed E-state index contributed by atoms with van der Waals surface area (Å²) >= 11 is 0. The molecule has 0 amide bonds. The van der Waals surface area contributed by atoms with Gasteiger partial charge in [-0.1, -0.05) is 0 Å². The number of unbranched alkanes of at least 4 members (excludes halogenated alkanes) is 1. The van der Waals surface area contributed by atoms with Crippen LogP contribution in [0.2, 0.25) is 0 Å². The summed E-state index contributed by atoms with van der Waals surface area (Å²) in [6, 6.07) is 0. The second-order valence-corrected chi connectivity index (χ2v) is 5.20. The third kappa shape index (κ3) is 8.73. The Labute approximate surface area is 119 Å². The molecular formula is C13H26F3N3O. The van der Waals surface area contributed by atoms with E-state index in [1.807, 2.05) is 0 Å². The van der Waals surface area contributed by atoms with Crippen LogP contribution in [0.25, 0.3) is 0 Å². The maximum Gasteiger partial charge on any atom is 0.411 e. The number of alkyl halides is 3. The monoisotopic (exact) mass is 297 g/mol. The van der Waals surface area contributed by atoms with E-state index in [1.54, 1.807) is 0 Å². The van der Waals surface area contributed by atoms with E-state index in [0.29, 0.717) is 6.54 Å². The van der Waals surface area contributed by atoms with Crippen LogP contribution in [0.4, 0.5) is 13.2 Å². The molecule has 0 spiro atoms. The standard InChI is InChI=1S/C13H26F3N3O/c14-13(15,16)12-20-11-10-19-7-3-6-18(8-9-19)5-2-1-4-17/h1-12,17H2. The lowest BCUT2D eigenvalue weighted by Crippen LogP contribution is -2.33. The molecule has 0 aromatic heterocycles. The van der Waals surface area contributed by atoms with E-state index in [-0.39, 0.29) is 6.61 Å². The summed E-state index contributed by atoms with van der Waals surface area (Å²) < 4.78 is 40.4. The van der Waals surface area contributed by atoms with Crippen molar-refractivity contribution in [1.29, 1.82) is 0 Å². The van der Waals surface area contributed by atoms with Crippen molar-refractivity contribution in [3.8, 4) is 0 Å².